The molecule has 0 spiro atoms. The van der Waals surface area contributed by atoms with Gasteiger partial charge in [0, 0.05) is 50.2 Å². The van der Waals surface area contributed by atoms with Crippen molar-refractivity contribution in [1.29, 1.82) is 0 Å². The third-order valence-electron chi connectivity index (χ3n) is 6.84. The number of ether oxygens (including phenoxy) is 1. The Bertz CT molecular complexity index is 1480. The number of methoxy groups -OCH3 is 1. The van der Waals surface area contributed by atoms with E-state index in [1.807, 2.05) is 13.1 Å². The monoisotopic (exact) mass is 591 g/mol. The van der Waals surface area contributed by atoms with Gasteiger partial charge in [-0.15, -0.1) is 5.53 Å². The fourth-order valence-corrected chi connectivity index (χ4v) is 5.50. The summed E-state index contributed by atoms with van der Waals surface area (Å²) in [4.78, 5) is 20.2. The van der Waals surface area contributed by atoms with Crippen molar-refractivity contribution in [3.8, 4) is 5.75 Å². The molecule has 0 aliphatic carbocycles. The molecule has 2 aliphatic rings. The van der Waals surface area contributed by atoms with Crippen LogP contribution in [-0.2, 0) is 12.7 Å². The van der Waals surface area contributed by atoms with E-state index in [4.69, 9.17) is 4.74 Å². The number of hydrogen-bond donors (Lipinski definition) is 4. The number of hydrogen-bond acceptors (Lipinski definition) is 9. The number of rotatable bonds is 8. The molecule has 0 saturated carbocycles. The predicted octanol–water partition coefficient (Wildman–Crippen LogP) is 5.14. The summed E-state index contributed by atoms with van der Waals surface area (Å²) >= 11 is 1.46. The minimum Gasteiger partial charge on any atom is -0.494 e. The van der Waals surface area contributed by atoms with Gasteiger partial charge in [0.05, 0.1) is 34.6 Å². The van der Waals surface area contributed by atoms with E-state index in [0.29, 0.717) is 18.7 Å². The van der Waals surface area contributed by atoms with Crippen molar-refractivity contribution in [2.75, 3.05) is 42.9 Å². The Morgan fingerprint density at radius 2 is 2.07 bits per heavy atom. The van der Waals surface area contributed by atoms with Crippen molar-refractivity contribution in [3.05, 3.63) is 69.9 Å². The molecule has 41 heavy (non-hydrogen) atoms. The van der Waals surface area contributed by atoms with Crippen LogP contribution in [0, 0.1) is 6.92 Å². The fraction of sp³-hybridized carbons (Fsp3) is 0.333. The van der Waals surface area contributed by atoms with Gasteiger partial charge in [0.25, 0.3) is 5.91 Å². The van der Waals surface area contributed by atoms with E-state index in [0.717, 1.165) is 33.4 Å². The first-order valence-electron chi connectivity index (χ1n) is 12.8. The van der Waals surface area contributed by atoms with E-state index in [-0.39, 0.29) is 35.7 Å². The van der Waals surface area contributed by atoms with E-state index in [1.165, 1.54) is 18.4 Å². The van der Waals surface area contributed by atoms with E-state index >= 15 is 0 Å². The van der Waals surface area contributed by atoms with Crippen LogP contribution in [0.4, 0.5) is 34.1 Å². The zero-order chi connectivity index (χ0) is 29.3. The van der Waals surface area contributed by atoms with Gasteiger partial charge in [-0.25, -0.2) is 9.37 Å². The second kappa shape index (κ2) is 11.5. The highest BCUT2D eigenvalue weighted by Crippen LogP contribution is 2.39. The summed E-state index contributed by atoms with van der Waals surface area (Å²) in [6.45, 7) is 2.48. The number of aryl methyl sites for hydroxylation is 1. The topological polar surface area (TPSA) is 93.8 Å². The van der Waals surface area contributed by atoms with Gasteiger partial charge < -0.3 is 20.8 Å². The number of nitrogens with one attached hydrogen (secondary N) is 4. The Morgan fingerprint density at radius 1 is 1.27 bits per heavy atom. The number of halogens is 4. The summed E-state index contributed by atoms with van der Waals surface area (Å²) in [6, 6.07) is 6.82. The molecule has 14 heteroatoms. The van der Waals surface area contributed by atoms with Crippen LogP contribution in [0.3, 0.4) is 0 Å². The number of nitrogens with zero attached hydrogens (tertiary/aromatic N) is 3. The highest BCUT2D eigenvalue weighted by atomic mass is 32.1. The van der Waals surface area contributed by atoms with Crippen LogP contribution in [0.25, 0.3) is 5.70 Å². The number of alkyl halides is 4. The number of amides is 1. The quantitative estimate of drug-likeness (QED) is 0.268. The summed E-state index contributed by atoms with van der Waals surface area (Å²) in [6.07, 6.45) is -1.82. The number of likely N-dealkylation sites (tertiary alicyclic amines) is 1. The molecule has 4 N–H and O–H groups in total. The smallest absolute Gasteiger partial charge is 0.416 e. The standard InChI is InChI=1S/C27H29F4N7O2S/c1-15-4-5-16(9-22(15)38-14-21(35-36-38)23-11-33-26(32-2)41-23)25(39)34-20-10-18(27(29,30)31)8-17(24(20)40-3)12-37-7-6-19(28)13-37/h4-5,8-11,14,19,35-36H,6-7,12-13H2,1-3H3,(H,32,33)(H,34,39). The molecule has 5 rings (SSSR count). The van der Waals surface area contributed by atoms with Gasteiger partial charge in [-0.3, -0.25) is 14.7 Å². The second-order valence-corrected chi connectivity index (χ2v) is 10.8. The molecule has 2 aliphatic heterocycles. The SMILES string of the molecule is CNc1ncc(C2=CN(c3cc(C(=O)Nc4cc(C(F)(F)F)cc(CN5CCC(F)C5)c4OC)ccc3C)NN2)s1. The van der Waals surface area contributed by atoms with Crippen molar-refractivity contribution in [1.82, 2.24) is 20.8 Å². The number of aromatic nitrogens is 1. The van der Waals surface area contributed by atoms with Gasteiger partial charge in [0.15, 0.2) is 5.13 Å². The van der Waals surface area contributed by atoms with Crippen molar-refractivity contribution >= 4 is 39.4 Å². The number of carbonyl (C=O) groups excluding carboxylic acids is 1. The Morgan fingerprint density at radius 3 is 2.73 bits per heavy atom. The Hall–Kier alpha value is -3.88. The molecule has 2 aromatic carbocycles. The number of benzene rings is 2. The van der Waals surface area contributed by atoms with Gasteiger partial charge in [-0.05, 0) is 43.2 Å². The highest BCUT2D eigenvalue weighted by Gasteiger charge is 2.34. The summed E-state index contributed by atoms with van der Waals surface area (Å²) in [7, 11) is 3.11. The normalized spacial score (nSPS) is 17.4. The highest BCUT2D eigenvalue weighted by molar-refractivity contribution is 7.16. The molecule has 1 saturated heterocycles. The van der Waals surface area contributed by atoms with Crippen LogP contribution < -0.4 is 31.3 Å². The van der Waals surface area contributed by atoms with E-state index < -0.39 is 23.8 Å². The molecule has 1 amide bonds. The second-order valence-electron chi connectivity index (χ2n) is 9.72. The van der Waals surface area contributed by atoms with Crippen LogP contribution in [-0.4, -0.2) is 49.2 Å². The van der Waals surface area contributed by atoms with Gasteiger partial charge >= 0.3 is 6.18 Å². The lowest BCUT2D eigenvalue weighted by Gasteiger charge is -2.22. The molecule has 0 radical (unpaired) electrons. The maximum Gasteiger partial charge on any atom is 0.416 e. The molecule has 1 atom stereocenters. The number of thiazole rings is 1. The third-order valence-corrected chi connectivity index (χ3v) is 7.89. The maximum absolute atomic E-state index is 13.8. The largest absolute Gasteiger partial charge is 0.494 e. The predicted molar refractivity (Wildman–Crippen MR) is 150 cm³/mol. The molecule has 218 valence electrons. The van der Waals surface area contributed by atoms with Gasteiger partial charge in [-0.1, -0.05) is 17.4 Å². The van der Waals surface area contributed by atoms with Crippen LogP contribution in [0.1, 0.15) is 38.3 Å². The van der Waals surface area contributed by atoms with Gasteiger partial charge in [0.1, 0.15) is 11.9 Å². The van der Waals surface area contributed by atoms with E-state index in [2.05, 4.69) is 26.6 Å². The summed E-state index contributed by atoms with van der Waals surface area (Å²) < 4.78 is 60.6. The zero-order valence-electron chi connectivity index (χ0n) is 22.5. The number of hydrazine groups is 2. The summed E-state index contributed by atoms with van der Waals surface area (Å²) in [5.41, 5.74) is 7.79. The van der Waals surface area contributed by atoms with Gasteiger partial charge in [0.2, 0.25) is 0 Å². The fourth-order valence-electron chi connectivity index (χ4n) is 4.76. The van der Waals surface area contributed by atoms with Crippen LogP contribution in [0.15, 0.2) is 42.7 Å². The Labute approximate surface area is 238 Å². The first-order chi connectivity index (χ1) is 19.5. The minimum atomic E-state index is -4.66. The van der Waals surface area contributed by atoms with Crippen molar-refractivity contribution in [2.24, 2.45) is 0 Å². The average molecular weight is 592 g/mol. The Kier molecular flexibility index (Phi) is 8.07. The van der Waals surface area contributed by atoms with Crippen molar-refractivity contribution in [2.45, 2.75) is 32.2 Å². The lowest BCUT2D eigenvalue weighted by Crippen LogP contribution is -2.36. The minimum absolute atomic E-state index is 0.0585. The lowest BCUT2D eigenvalue weighted by atomic mass is 10.1. The third kappa shape index (κ3) is 6.24. The molecule has 3 aromatic rings. The average Bonchev–Trinajstić information content (AvgIpc) is 3.69. The van der Waals surface area contributed by atoms with Crippen LogP contribution in [0.5, 0.6) is 5.75 Å². The molecule has 3 heterocycles. The summed E-state index contributed by atoms with van der Waals surface area (Å²) in [5.74, 6) is -0.512. The Balaban J connectivity index is 1.42. The van der Waals surface area contributed by atoms with Crippen molar-refractivity contribution in [3.63, 3.8) is 0 Å². The molecule has 0 bridgehead atoms. The maximum atomic E-state index is 13.8. The van der Waals surface area contributed by atoms with Gasteiger partial charge in [-0.2, -0.15) is 13.2 Å². The van der Waals surface area contributed by atoms with E-state index in [9.17, 15) is 22.4 Å². The molecular formula is C27H29F4N7O2S. The molecule has 1 fully saturated rings. The van der Waals surface area contributed by atoms with E-state index in [1.54, 1.807) is 41.4 Å². The first kappa shape index (κ1) is 28.6. The molecular weight excluding hydrogens is 562 g/mol. The molecule has 1 unspecified atom stereocenters. The lowest BCUT2D eigenvalue weighted by molar-refractivity contribution is -0.137. The molecule has 1 aromatic heterocycles. The number of anilines is 3. The van der Waals surface area contributed by atoms with Crippen molar-refractivity contribution < 1.29 is 27.1 Å². The molecule has 9 nitrogen and oxygen atoms in total. The summed E-state index contributed by atoms with van der Waals surface area (Å²) in [5, 5.41) is 8.06. The van der Waals surface area contributed by atoms with Crippen LogP contribution >= 0.6 is 11.3 Å². The zero-order valence-corrected chi connectivity index (χ0v) is 23.3. The number of carbonyl (C=O) groups is 1. The van der Waals surface area contributed by atoms with Crippen LogP contribution in [0.2, 0.25) is 0 Å². The first-order valence-corrected chi connectivity index (χ1v) is 13.6.